The van der Waals surface area contributed by atoms with Crippen LogP contribution in [-0.4, -0.2) is 34.7 Å². The van der Waals surface area contributed by atoms with E-state index in [0.29, 0.717) is 11.3 Å². The Morgan fingerprint density at radius 1 is 1.04 bits per heavy atom. The number of nitrogens with one attached hydrogen (secondary N) is 1. The second kappa shape index (κ2) is 7.88. The van der Waals surface area contributed by atoms with Crippen LogP contribution >= 0.6 is 0 Å². The molecule has 1 N–H and O–H groups in total. The zero-order valence-corrected chi connectivity index (χ0v) is 14.4. The van der Waals surface area contributed by atoms with Crippen LogP contribution in [0.1, 0.15) is 53.5 Å². The first-order valence-electron chi connectivity index (χ1n) is 8.63. The molecular weight excluding hydrogens is 316 g/mol. The molecular formula is C19H22N4O2. The highest BCUT2D eigenvalue weighted by atomic mass is 16.2. The minimum atomic E-state index is -0.337. The quantitative estimate of drug-likeness (QED) is 0.866. The van der Waals surface area contributed by atoms with E-state index < -0.39 is 0 Å². The molecule has 0 saturated carbocycles. The molecule has 130 valence electrons. The summed E-state index contributed by atoms with van der Waals surface area (Å²) >= 11 is 0. The summed E-state index contributed by atoms with van der Waals surface area (Å²) in [5.41, 5.74) is 1.38. The molecule has 6 nitrogen and oxygen atoms in total. The molecule has 1 aromatic heterocycles. The number of ketones is 1. The summed E-state index contributed by atoms with van der Waals surface area (Å²) in [5.74, 6) is 0.435. The van der Waals surface area contributed by atoms with Gasteiger partial charge in [0.05, 0.1) is 12.4 Å². The molecule has 2 aromatic rings. The molecule has 6 heteroatoms. The molecule has 3 rings (SSSR count). The molecule has 0 radical (unpaired) electrons. The van der Waals surface area contributed by atoms with E-state index in [4.69, 9.17) is 0 Å². The third-order valence-electron chi connectivity index (χ3n) is 4.33. The Bertz CT molecular complexity index is 750. The van der Waals surface area contributed by atoms with Crippen LogP contribution in [0.15, 0.2) is 36.7 Å². The number of nitrogens with zero attached hydrogens (tertiary/aromatic N) is 3. The largest absolute Gasteiger partial charge is 0.355 e. The SMILES string of the molecule is CC(=O)c1cccc(NC(=O)c2cnc(N3CCCCCC3)cn2)c1. The number of benzene rings is 1. The number of amides is 1. The Morgan fingerprint density at radius 3 is 2.44 bits per heavy atom. The number of Topliss-reactive ketones (excluding diaryl/α,β-unsaturated/α-hetero) is 1. The number of hydrogen-bond acceptors (Lipinski definition) is 5. The second-order valence-electron chi connectivity index (χ2n) is 6.25. The number of rotatable bonds is 4. The highest BCUT2D eigenvalue weighted by Gasteiger charge is 2.14. The Balaban J connectivity index is 1.68. The van der Waals surface area contributed by atoms with E-state index in [2.05, 4.69) is 20.2 Å². The lowest BCUT2D eigenvalue weighted by Crippen LogP contribution is -2.25. The van der Waals surface area contributed by atoms with Crippen LogP contribution < -0.4 is 10.2 Å². The van der Waals surface area contributed by atoms with Crippen LogP contribution in [0.2, 0.25) is 0 Å². The van der Waals surface area contributed by atoms with Gasteiger partial charge in [-0.05, 0) is 31.9 Å². The first kappa shape index (κ1) is 17.1. The minimum Gasteiger partial charge on any atom is -0.355 e. The Morgan fingerprint density at radius 2 is 1.80 bits per heavy atom. The third-order valence-corrected chi connectivity index (χ3v) is 4.33. The van der Waals surface area contributed by atoms with E-state index in [0.717, 1.165) is 31.7 Å². The fraction of sp³-hybridized carbons (Fsp3) is 0.368. The van der Waals surface area contributed by atoms with E-state index in [1.54, 1.807) is 30.5 Å². The molecule has 1 amide bonds. The predicted molar refractivity (Wildman–Crippen MR) is 97.1 cm³/mol. The topological polar surface area (TPSA) is 75.2 Å². The van der Waals surface area contributed by atoms with Crippen molar-refractivity contribution in [2.75, 3.05) is 23.3 Å². The molecule has 2 heterocycles. The number of anilines is 2. The standard InChI is InChI=1S/C19H22N4O2/c1-14(24)15-7-6-8-16(11-15)22-19(25)17-12-21-18(13-20-17)23-9-4-2-3-5-10-23/h6-8,11-13H,2-5,9-10H2,1H3,(H,22,25). The summed E-state index contributed by atoms with van der Waals surface area (Å²) in [5, 5.41) is 2.76. The lowest BCUT2D eigenvalue weighted by atomic mass is 10.1. The van der Waals surface area contributed by atoms with Crippen molar-refractivity contribution in [3.63, 3.8) is 0 Å². The first-order chi connectivity index (χ1) is 12.1. The average molecular weight is 338 g/mol. The number of aromatic nitrogens is 2. The zero-order chi connectivity index (χ0) is 17.6. The molecule has 1 saturated heterocycles. The maximum Gasteiger partial charge on any atom is 0.275 e. The summed E-state index contributed by atoms with van der Waals surface area (Å²) in [7, 11) is 0. The predicted octanol–water partition coefficient (Wildman–Crippen LogP) is 3.31. The molecule has 1 aliphatic heterocycles. The summed E-state index contributed by atoms with van der Waals surface area (Å²) in [6, 6.07) is 6.84. The maximum absolute atomic E-state index is 12.3. The molecule has 0 unspecified atom stereocenters. The van der Waals surface area contributed by atoms with Gasteiger partial charge in [-0.1, -0.05) is 25.0 Å². The summed E-state index contributed by atoms with van der Waals surface area (Å²) in [4.78, 5) is 34.6. The van der Waals surface area contributed by atoms with Crippen LogP contribution in [-0.2, 0) is 0 Å². The molecule has 25 heavy (non-hydrogen) atoms. The monoisotopic (exact) mass is 338 g/mol. The fourth-order valence-corrected chi connectivity index (χ4v) is 2.91. The molecule has 1 aromatic carbocycles. The third kappa shape index (κ3) is 4.41. The van der Waals surface area contributed by atoms with Crippen LogP contribution in [0.25, 0.3) is 0 Å². The van der Waals surface area contributed by atoms with Crippen molar-refractivity contribution in [2.24, 2.45) is 0 Å². The van der Waals surface area contributed by atoms with Crippen molar-refractivity contribution in [3.8, 4) is 0 Å². The molecule has 0 aliphatic carbocycles. The smallest absolute Gasteiger partial charge is 0.275 e. The van der Waals surface area contributed by atoms with Gasteiger partial charge in [-0.15, -0.1) is 0 Å². The Kier molecular flexibility index (Phi) is 5.38. The lowest BCUT2D eigenvalue weighted by molar-refractivity contribution is 0.100. The van der Waals surface area contributed by atoms with Gasteiger partial charge >= 0.3 is 0 Å². The van der Waals surface area contributed by atoms with Crippen molar-refractivity contribution in [1.82, 2.24) is 9.97 Å². The second-order valence-corrected chi connectivity index (χ2v) is 6.25. The highest BCUT2D eigenvalue weighted by Crippen LogP contribution is 2.17. The number of carbonyl (C=O) groups excluding carboxylic acids is 2. The van der Waals surface area contributed by atoms with Gasteiger partial charge in [0, 0.05) is 24.3 Å². The number of carbonyl (C=O) groups is 2. The van der Waals surface area contributed by atoms with Crippen molar-refractivity contribution in [1.29, 1.82) is 0 Å². The van der Waals surface area contributed by atoms with Gasteiger partial charge in [0.2, 0.25) is 0 Å². The van der Waals surface area contributed by atoms with Crippen molar-refractivity contribution in [2.45, 2.75) is 32.6 Å². The van der Waals surface area contributed by atoms with Gasteiger partial charge in [-0.3, -0.25) is 9.59 Å². The van der Waals surface area contributed by atoms with Crippen LogP contribution in [0.5, 0.6) is 0 Å². The van der Waals surface area contributed by atoms with Gasteiger partial charge < -0.3 is 10.2 Å². The van der Waals surface area contributed by atoms with Gasteiger partial charge in [-0.2, -0.15) is 0 Å². The zero-order valence-electron chi connectivity index (χ0n) is 14.4. The van der Waals surface area contributed by atoms with Gasteiger partial charge in [0.1, 0.15) is 11.5 Å². The lowest BCUT2D eigenvalue weighted by Gasteiger charge is -2.20. The van der Waals surface area contributed by atoms with Gasteiger partial charge in [-0.25, -0.2) is 9.97 Å². The van der Waals surface area contributed by atoms with Crippen molar-refractivity contribution in [3.05, 3.63) is 47.9 Å². The summed E-state index contributed by atoms with van der Waals surface area (Å²) < 4.78 is 0. The van der Waals surface area contributed by atoms with E-state index in [-0.39, 0.29) is 17.4 Å². The van der Waals surface area contributed by atoms with Gasteiger partial charge in [0.25, 0.3) is 5.91 Å². The Hall–Kier alpha value is -2.76. The number of hydrogen-bond donors (Lipinski definition) is 1. The van der Waals surface area contributed by atoms with Crippen molar-refractivity contribution < 1.29 is 9.59 Å². The van der Waals surface area contributed by atoms with Crippen LogP contribution in [0.4, 0.5) is 11.5 Å². The molecule has 1 aliphatic rings. The average Bonchev–Trinajstić information content (AvgIpc) is 2.91. The minimum absolute atomic E-state index is 0.0438. The van der Waals surface area contributed by atoms with Crippen LogP contribution in [0, 0.1) is 0 Å². The molecule has 0 atom stereocenters. The van der Waals surface area contributed by atoms with Crippen molar-refractivity contribution >= 4 is 23.2 Å². The van der Waals surface area contributed by atoms with E-state index in [1.807, 2.05) is 0 Å². The molecule has 0 bridgehead atoms. The molecule has 1 fully saturated rings. The summed E-state index contributed by atoms with van der Waals surface area (Å²) in [6.45, 7) is 3.46. The fourth-order valence-electron chi connectivity index (χ4n) is 2.91. The summed E-state index contributed by atoms with van der Waals surface area (Å²) in [6.07, 6.45) is 8.00. The van der Waals surface area contributed by atoms with E-state index in [9.17, 15) is 9.59 Å². The normalized spacial score (nSPS) is 14.7. The highest BCUT2D eigenvalue weighted by molar-refractivity contribution is 6.03. The maximum atomic E-state index is 12.3. The van der Waals surface area contributed by atoms with E-state index >= 15 is 0 Å². The first-order valence-corrected chi connectivity index (χ1v) is 8.63. The van der Waals surface area contributed by atoms with Gasteiger partial charge in [0.15, 0.2) is 5.78 Å². The van der Waals surface area contributed by atoms with Crippen LogP contribution in [0.3, 0.4) is 0 Å². The van der Waals surface area contributed by atoms with E-state index in [1.165, 1.54) is 26.0 Å². The Labute approximate surface area is 147 Å². The molecule has 0 spiro atoms.